The van der Waals surface area contributed by atoms with Crippen molar-refractivity contribution in [2.24, 2.45) is 32.5 Å². The van der Waals surface area contributed by atoms with E-state index < -0.39 is 8.07 Å². The van der Waals surface area contributed by atoms with Crippen LogP contribution in [-0.4, -0.2) is 13.1 Å². The molecule has 2 aromatic heterocycles. The molecular formula is C70H95NSSi. The summed E-state index contributed by atoms with van der Waals surface area (Å²) in [5, 5.41) is 8.47. The average Bonchev–Trinajstić information content (AvgIpc) is 3.52. The third-order valence-corrected chi connectivity index (χ3v) is 20.9. The molecule has 73 heavy (non-hydrogen) atoms. The lowest BCUT2D eigenvalue weighted by molar-refractivity contribution is 0.405. The monoisotopic (exact) mass is 1010 g/mol. The van der Waals surface area contributed by atoms with Crippen molar-refractivity contribution in [1.29, 1.82) is 0 Å². The molecule has 0 aliphatic rings. The van der Waals surface area contributed by atoms with E-state index in [4.69, 9.17) is 4.98 Å². The van der Waals surface area contributed by atoms with E-state index >= 15 is 0 Å². The third kappa shape index (κ3) is 14.0. The minimum absolute atomic E-state index is 0.0450. The Kier molecular flexibility index (Phi) is 15.5. The van der Waals surface area contributed by atoms with Gasteiger partial charge in [-0.1, -0.05) is 224 Å². The van der Waals surface area contributed by atoms with Crippen molar-refractivity contribution in [3.8, 4) is 11.3 Å². The van der Waals surface area contributed by atoms with Gasteiger partial charge in [-0.25, -0.2) is 0 Å². The molecule has 0 unspecified atom stereocenters. The largest absolute Gasteiger partial charge is 0.255 e. The molecule has 390 valence electrons. The van der Waals surface area contributed by atoms with Crippen LogP contribution in [0.5, 0.6) is 0 Å². The summed E-state index contributed by atoms with van der Waals surface area (Å²) in [5.41, 5.74) is 14.4. The van der Waals surface area contributed by atoms with Crippen molar-refractivity contribution in [1.82, 2.24) is 4.98 Å². The Morgan fingerprint density at radius 2 is 0.767 bits per heavy atom. The molecule has 0 atom stereocenters. The van der Waals surface area contributed by atoms with Crippen LogP contribution < -0.4 is 20.1 Å². The van der Waals surface area contributed by atoms with Gasteiger partial charge in [0.1, 0.15) is 0 Å². The lowest BCUT2D eigenvalue weighted by Gasteiger charge is -2.37. The van der Waals surface area contributed by atoms with Crippen LogP contribution in [-0.2, 0) is 43.9 Å². The van der Waals surface area contributed by atoms with Crippen LogP contribution in [0.15, 0.2) is 103 Å². The third-order valence-electron chi connectivity index (χ3n) is 14.0. The Labute approximate surface area is 450 Å². The Hall–Kier alpha value is -4.31. The fourth-order valence-corrected chi connectivity index (χ4v) is 19.8. The highest BCUT2D eigenvalue weighted by Gasteiger charge is 2.46. The van der Waals surface area contributed by atoms with Gasteiger partial charge in [-0.15, -0.1) is 11.3 Å². The summed E-state index contributed by atoms with van der Waals surface area (Å²) >= 11 is 2.07. The minimum atomic E-state index is -3.29. The van der Waals surface area contributed by atoms with E-state index in [0.29, 0.717) is 0 Å². The predicted octanol–water partition coefficient (Wildman–Crippen LogP) is 17.6. The summed E-state index contributed by atoms with van der Waals surface area (Å²) in [6.45, 7) is 53.0. The number of aryl methyl sites for hydroxylation is 1. The van der Waals surface area contributed by atoms with E-state index in [1.807, 2.05) is 0 Å². The van der Waals surface area contributed by atoms with E-state index in [9.17, 15) is 0 Å². The van der Waals surface area contributed by atoms with E-state index in [1.54, 1.807) is 0 Å². The summed E-state index contributed by atoms with van der Waals surface area (Å²) in [6, 6.07) is 40.2. The number of pyridine rings is 1. The maximum Gasteiger partial charge on any atom is 0.191 e. The van der Waals surface area contributed by atoms with Crippen molar-refractivity contribution in [3.05, 3.63) is 148 Å². The van der Waals surface area contributed by atoms with Crippen molar-refractivity contribution in [2.75, 3.05) is 0 Å². The second kappa shape index (κ2) is 20.0. The number of hydrogen-bond donors (Lipinski definition) is 0. The van der Waals surface area contributed by atoms with E-state index in [2.05, 4.69) is 267 Å². The molecule has 0 amide bonds. The molecule has 2 heterocycles. The molecule has 3 heteroatoms. The zero-order valence-corrected chi connectivity index (χ0v) is 51.7. The van der Waals surface area contributed by atoms with Gasteiger partial charge in [-0.05, 0) is 178 Å². The number of rotatable bonds is 11. The SMILES string of the molecule is Cc1c([Si](c2cc(CC(C)(C)C)cc(CC(C)(C)C)c2)(c2cc(CC(C)(C)C)cc(CC(C)(C)C)c2)c2cc(CC(C)(C)C)cc(CC(C)(C)C)c2)sc2c(-c3cc(C(C)(C)C)c4ccccc4c3)nccc12. The van der Waals surface area contributed by atoms with Crippen LogP contribution >= 0.6 is 11.3 Å². The molecule has 0 aliphatic carbocycles. The fraction of sp³-hybridized carbons (Fsp3) is 0.500. The highest BCUT2D eigenvalue weighted by Crippen LogP contribution is 2.40. The van der Waals surface area contributed by atoms with Crippen molar-refractivity contribution >= 4 is 60.3 Å². The molecule has 0 saturated carbocycles. The summed E-state index contributed by atoms with van der Waals surface area (Å²) in [4.78, 5) is 5.41. The van der Waals surface area contributed by atoms with Gasteiger partial charge in [0.15, 0.2) is 8.07 Å². The summed E-state index contributed by atoms with van der Waals surface area (Å²) in [5.74, 6) is 0. The Bertz CT molecular complexity index is 2810. The Morgan fingerprint density at radius 3 is 1.11 bits per heavy atom. The molecule has 0 radical (unpaired) electrons. The number of aromatic nitrogens is 1. The first kappa shape index (κ1) is 56.4. The van der Waals surface area contributed by atoms with E-state index in [0.717, 1.165) is 44.2 Å². The van der Waals surface area contributed by atoms with Gasteiger partial charge >= 0.3 is 0 Å². The lowest BCUT2D eigenvalue weighted by Crippen LogP contribution is -2.75. The standard InChI is InChI=1S/C70H95NSSi/c1-46-58-27-28-71-61(54-38-53-25-23-24-26-59(53)60(39-54)70(20,21)22)62(58)72-63(46)73(55-32-47(40-64(2,3)4)29-48(33-55)41-65(5,6)7,56-34-49(42-66(8,9)10)30-50(35-56)43-67(11,12)13)57-36-51(44-68(14,15)16)31-52(37-57)45-69(17,18)19/h23-39H,40-45H2,1-22H3. The number of hydrogen-bond acceptors (Lipinski definition) is 2. The van der Waals surface area contributed by atoms with Crippen LogP contribution in [0.4, 0.5) is 0 Å². The molecule has 0 N–H and O–H groups in total. The Morgan fingerprint density at radius 1 is 0.411 bits per heavy atom. The van der Waals surface area contributed by atoms with Crippen LogP contribution in [0.3, 0.4) is 0 Å². The molecule has 0 saturated heterocycles. The van der Waals surface area contributed by atoms with Gasteiger partial charge in [-0.2, -0.15) is 0 Å². The summed E-state index contributed by atoms with van der Waals surface area (Å²) in [6.07, 6.45) is 8.17. The smallest absolute Gasteiger partial charge is 0.191 e. The molecular weight excluding hydrogens is 915 g/mol. The van der Waals surface area contributed by atoms with Gasteiger partial charge in [0, 0.05) is 16.3 Å². The highest BCUT2D eigenvalue weighted by atomic mass is 32.1. The number of benzene rings is 5. The van der Waals surface area contributed by atoms with Gasteiger partial charge in [0.25, 0.3) is 0 Å². The van der Waals surface area contributed by atoms with E-state index in [1.165, 1.54) is 91.0 Å². The maximum atomic E-state index is 5.41. The van der Waals surface area contributed by atoms with E-state index in [-0.39, 0.29) is 37.9 Å². The topological polar surface area (TPSA) is 12.9 Å². The van der Waals surface area contributed by atoms with Gasteiger partial charge < -0.3 is 0 Å². The summed E-state index contributed by atoms with van der Waals surface area (Å²) in [7, 11) is -3.29. The van der Waals surface area contributed by atoms with Gasteiger partial charge in [-0.3, -0.25) is 4.98 Å². The maximum absolute atomic E-state index is 5.41. The second-order valence-electron chi connectivity index (χ2n) is 30.9. The first-order valence-electron chi connectivity index (χ1n) is 27.7. The van der Waals surface area contributed by atoms with Crippen molar-refractivity contribution < 1.29 is 0 Å². The predicted molar refractivity (Wildman–Crippen MR) is 329 cm³/mol. The molecule has 5 aromatic carbocycles. The first-order valence-corrected chi connectivity index (χ1v) is 30.5. The Balaban J connectivity index is 1.77. The van der Waals surface area contributed by atoms with Crippen LogP contribution in [0.25, 0.3) is 32.1 Å². The minimum Gasteiger partial charge on any atom is -0.255 e. The normalized spacial score (nSPS) is 13.7. The van der Waals surface area contributed by atoms with Gasteiger partial charge in [0.05, 0.1) is 10.4 Å². The second-order valence-corrected chi connectivity index (χ2v) is 36.0. The van der Waals surface area contributed by atoms with Crippen LogP contribution in [0.2, 0.25) is 0 Å². The molecule has 0 bridgehead atoms. The molecule has 0 aliphatic heterocycles. The molecule has 0 spiro atoms. The number of fused-ring (bicyclic) bond motifs is 2. The highest BCUT2D eigenvalue weighted by molar-refractivity contribution is 7.40. The average molecular weight is 1010 g/mol. The summed E-state index contributed by atoms with van der Waals surface area (Å²) < 4.78 is 2.83. The first-order chi connectivity index (χ1) is 33.4. The lowest BCUT2D eigenvalue weighted by atomic mass is 9.82. The van der Waals surface area contributed by atoms with Crippen molar-refractivity contribution in [3.63, 3.8) is 0 Å². The zero-order valence-electron chi connectivity index (χ0n) is 49.9. The zero-order chi connectivity index (χ0) is 54.1. The van der Waals surface area contributed by atoms with Crippen molar-refractivity contribution in [2.45, 2.75) is 196 Å². The van der Waals surface area contributed by atoms with Crippen LogP contribution in [0.1, 0.15) is 190 Å². The molecule has 7 rings (SSSR count). The molecule has 7 aromatic rings. The number of thiophene rings is 1. The molecule has 1 nitrogen and oxygen atoms in total. The fourth-order valence-electron chi connectivity index (χ4n) is 11.9. The van der Waals surface area contributed by atoms with Crippen LogP contribution in [0, 0.1) is 39.4 Å². The quantitative estimate of drug-likeness (QED) is 0.0929. The van der Waals surface area contributed by atoms with Gasteiger partial charge in [0.2, 0.25) is 0 Å². The molecule has 0 fully saturated rings. The number of nitrogens with zero attached hydrogens (tertiary/aromatic N) is 1.